The van der Waals surface area contributed by atoms with Gasteiger partial charge in [-0.25, -0.2) is 4.68 Å². The molecule has 1 aliphatic carbocycles. The van der Waals surface area contributed by atoms with Gasteiger partial charge in [0.1, 0.15) is 0 Å². The van der Waals surface area contributed by atoms with Crippen molar-refractivity contribution < 1.29 is 0 Å². The number of hydrogen-bond acceptors (Lipinski definition) is 3. The molecule has 0 saturated heterocycles. The van der Waals surface area contributed by atoms with Crippen LogP contribution < -0.4 is 0 Å². The Hall–Kier alpha value is -0.710. The topological polar surface area (TPSA) is 46.5 Å². The summed E-state index contributed by atoms with van der Waals surface area (Å²) in [6.07, 6.45) is 3.94. The van der Waals surface area contributed by atoms with Gasteiger partial charge in [-0.1, -0.05) is 23.2 Å². The van der Waals surface area contributed by atoms with Crippen molar-refractivity contribution in [2.45, 2.75) is 32.2 Å². The molecule has 1 N–H and O–H groups in total. The maximum Gasteiger partial charge on any atom is 0.238 e. The van der Waals surface area contributed by atoms with Crippen LogP contribution in [0.25, 0.3) is 0 Å². The summed E-state index contributed by atoms with van der Waals surface area (Å²) in [5.41, 5.74) is 0. The van der Waals surface area contributed by atoms with Crippen LogP contribution in [0.5, 0.6) is 0 Å². The smallest absolute Gasteiger partial charge is 0.238 e. The first kappa shape index (κ1) is 7.91. The van der Waals surface area contributed by atoms with Gasteiger partial charge in [0.2, 0.25) is 4.77 Å². The molecular formula is C7H12N4S. The zero-order valence-electron chi connectivity index (χ0n) is 7.03. The van der Waals surface area contributed by atoms with Crippen molar-refractivity contribution >= 4 is 12.2 Å². The van der Waals surface area contributed by atoms with E-state index in [9.17, 15) is 0 Å². The summed E-state index contributed by atoms with van der Waals surface area (Å²) in [6, 6.07) is 0.417. The summed E-state index contributed by atoms with van der Waals surface area (Å²) in [7, 11) is 0. The van der Waals surface area contributed by atoms with Crippen LogP contribution in [-0.4, -0.2) is 20.2 Å². The summed E-state index contributed by atoms with van der Waals surface area (Å²) in [5.74, 6) is 0.908. The Morgan fingerprint density at radius 1 is 1.75 bits per heavy atom. The minimum Gasteiger partial charge on any atom is -0.240 e. The van der Waals surface area contributed by atoms with Gasteiger partial charge in [-0.3, -0.25) is 0 Å². The maximum absolute atomic E-state index is 4.99. The predicted molar refractivity (Wildman–Crippen MR) is 47.3 cm³/mol. The Morgan fingerprint density at radius 3 is 3.00 bits per heavy atom. The van der Waals surface area contributed by atoms with E-state index in [0.717, 1.165) is 5.92 Å². The van der Waals surface area contributed by atoms with Crippen LogP contribution in [0.2, 0.25) is 0 Å². The fourth-order valence-electron chi connectivity index (χ4n) is 1.43. The molecule has 1 unspecified atom stereocenters. The summed E-state index contributed by atoms with van der Waals surface area (Å²) >= 11 is 4.99. The van der Waals surface area contributed by atoms with Gasteiger partial charge >= 0.3 is 0 Å². The third kappa shape index (κ3) is 1.55. The summed E-state index contributed by atoms with van der Waals surface area (Å²) < 4.78 is 2.41. The monoisotopic (exact) mass is 184 g/mol. The highest BCUT2D eigenvalue weighted by Crippen LogP contribution is 2.36. The first-order valence-electron chi connectivity index (χ1n) is 4.27. The molecule has 12 heavy (non-hydrogen) atoms. The summed E-state index contributed by atoms with van der Waals surface area (Å²) in [4.78, 5) is 0. The average Bonchev–Trinajstić information content (AvgIpc) is 2.72. The first-order chi connectivity index (χ1) is 5.77. The van der Waals surface area contributed by atoms with Crippen LogP contribution in [-0.2, 0) is 0 Å². The van der Waals surface area contributed by atoms with Gasteiger partial charge in [0, 0.05) is 0 Å². The van der Waals surface area contributed by atoms with Gasteiger partial charge in [-0.15, -0.1) is 0 Å². The van der Waals surface area contributed by atoms with Crippen molar-refractivity contribution in [3.8, 4) is 0 Å². The number of nitrogens with zero attached hydrogens (tertiary/aromatic N) is 3. The zero-order valence-corrected chi connectivity index (χ0v) is 7.84. The number of nitrogens with one attached hydrogen (secondary N) is 1. The van der Waals surface area contributed by atoms with E-state index in [0.29, 0.717) is 10.8 Å². The van der Waals surface area contributed by atoms with Gasteiger partial charge in [0.05, 0.1) is 6.04 Å². The zero-order chi connectivity index (χ0) is 8.55. The Balaban J connectivity index is 2.07. The Kier molecular flexibility index (Phi) is 1.96. The van der Waals surface area contributed by atoms with Gasteiger partial charge in [0.15, 0.2) is 0 Å². The van der Waals surface area contributed by atoms with E-state index in [4.69, 9.17) is 12.2 Å². The van der Waals surface area contributed by atoms with Crippen LogP contribution in [0.3, 0.4) is 0 Å². The van der Waals surface area contributed by atoms with E-state index in [1.807, 2.05) is 4.68 Å². The number of aromatic amines is 1. The molecule has 0 aromatic carbocycles. The van der Waals surface area contributed by atoms with Gasteiger partial charge in [-0.2, -0.15) is 5.21 Å². The molecule has 0 radical (unpaired) electrons. The maximum atomic E-state index is 4.99. The fourth-order valence-corrected chi connectivity index (χ4v) is 1.69. The van der Waals surface area contributed by atoms with E-state index in [2.05, 4.69) is 22.4 Å². The molecule has 0 amide bonds. The fraction of sp³-hybridized carbons (Fsp3) is 0.857. The molecule has 0 bridgehead atoms. The van der Waals surface area contributed by atoms with Gasteiger partial charge < -0.3 is 0 Å². The summed E-state index contributed by atoms with van der Waals surface area (Å²) in [5, 5.41) is 10.2. The second kappa shape index (κ2) is 2.97. The Bertz CT molecular complexity index is 311. The van der Waals surface area contributed by atoms with Crippen LogP contribution >= 0.6 is 12.2 Å². The lowest BCUT2D eigenvalue weighted by Gasteiger charge is -2.09. The van der Waals surface area contributed by atoms with E-state index in [-0.39, 0.29) is 0 Å². The molecule has 1 atom stereocenters. The SMILES string of the molecule is CC(CC1CC1)n1[nH]nnc1=S. The Labute approximate surface area is 76.0 Å². The summed E-state index contributed by atoms with van der Waals surface area (Å²) in [6.45, 7) is 2.15. The molecule has 4 nitrogen and oxygen atoms in total. The molecule has 1 aromatic heterocycles. The highest BCUT2D eigenvalue weighted by molar-refractivity contribution is 7.71. The molecule has 1 aromatic rings. The highest BCUT2D eigenvalue weighted by Gasteiger charge is 2.24. The van der Waals surface area contributed by atoms with E-state index >= 15 is 0 Å². The third-order valence-electron chi connectivity index (χ3n) is 2.31. The number of hydrogen-bond donors (Lipinski definition) is 1. The van der Waals surface area contributed by atoms with Crippen molar-refractivity contribution in [1.29, 1.82) is 0 Å². The molecule has 1 heterocycles. The van der Waals surface area contributed by atoms with Crippen molar-refractivity contribution in [2.24, 2.45) is 5.92 Å². The Morgan fingerprint density at radius 2 is 2.50 bits per heavy atom. The van der Waals surface area contributed by atoms with Crippen LogP contribution in [0.15, 0.2) is 0 Å². The molecule has 1 fully saturated rings. The lowest BCUT2D eigenvalue weighted by Crippen LogP contribution is -2.07. The third-order valence-corrected chi connectivity index (χ3v) is 2.58. The van der Waals surface area contributed by atoms with Gasteiger partial charge in [-0.05, 0) is 31.5 Å². The second-order valence-corrected chi connectivity index (χ2v) is 3.85. The average molecular weight is 184 g/mol. The molecule has 5 heteroatoms. The highest BCUT2D eigenvalue weighted by atomic mass is 32.1. The van der Waals surface area contributed by atoms with Gasteiger partial charge in [0.25, 0.3) is 0 Å². The van der Waals surface area contributed by atoms with Crippen molar-refractivity contribution in [2.75, 3.05) is 0 Å². The second-order valence-electron chi connectivity index (χ2n) is 3.48. The molecule has 1 aliphatic rings. The minimum atomic E-state index is 0.417. The quantitative estimate of drug-likeness (QED) is 0.727. The van der Waals surface area contributed by atoms with E-state index < -0.39 is 0 Å². The van der Waals surface area contributed by atoms with Crippen molar-refractivity contribution in [3.05, 3.63) is 4.77 Å². The molecule has 1 saturated carbocycles. The lowest BCUT2D eigenvalue weighted by atomic mass is 10.2. The number of aromatic nitrogens is 4. The van der Waals surface area contributed by atoms with Crippen LogP contribution in [0.4, 0.5) is 0 Å². The minimum absolute atomic E-state index is 0.417. The predicted octanol–water partition coefficient (Wildman–Crippen LogP) is 1.70. The van der Waals surface area contributed by atoms with E-state index in [1.54, 1.807) is 0 Å². The lowest BCUT2D eigenvalue weighted by molar-refractivity contribution is 0.422. The van der Waals surface area contributed by atoms with Crippen LogP contribution in [0, 0.1) is 10.7 Å². The molecule has 66 valence electrons. The van der Waals surface area contributed by atoms with Crippen molar-refractivity contribution in [1.82, 2.24) is 20.2 Å². The molecular weight excluding hydrogens is 172 g/mol. The number of tetrazole rings is 1. The largest absolute Gasteiger partial charge is 0.240 e. The first-order valence-corrected chi connectivity index (χ1v) is 4.68. The number of H-pyrrole nitrogens is 1. The normalized spacial score (nSPS) is 19.4. The number of rotatable bonds is 3. The standard InChI is InChI=1S/C7H12N4S/c1-5(4-6-2-3-6)11-7(12)8-9-10-11/h5-6H,2-4H2,1H3,(H,8,10,12). The molecule has 2 rings (SSSR count). The van der Waals surface area contributed by atoms with Crippen LogP contribution in [0.1, 0.15) is 32.2 Å². The molecule has 0 spiro atoms. The molecule has 0 aliphatic heterocycles. The van der Waals surface area contributed by atoms with E-state index in [1.165, 1.54) is 19.3 Å². The van der Waals surface area contributed by atoms with Crippen molar-refractivity contribution in [3.63, 3.8) is 0 Å².